The van der Waals surface area contributed by atoms with Gasteiger partial charge in [-0.05, 0) is 5.56 Å². The third-order valence-corrected chi connectivity index (χ3v) is 1.50. The molecule has 0 saturated carbocycles. The molecule has 1 aliphatic rings. The molecule has 2 rings (SSSR count). The van der Waals surface area contributed by atoms with Crippen LogP contribution < -0.4 is 0 Å². The standard InChI is InChI=1S/C8H8O.Sb/c1-2-4-7(5-3-1)8-6-9-8;/h1-5,8H,6H2;. The molecule has 3 radical (unpaired) electrons. The molecule has 0 aliphatic carbocycles. The van der Waals surface area contributed by atoms with Gasteiger partial charge in [0.25, 0.3) is 0 Å². The normalized spacial score (nSPS) is 21.4. The minimum atomic E-state index is 0. The molecule has 0 amide bonds. The van der Waals surface area contributed by atoms with Gasteiger partial charge in [-0.3, -0.25) is 0 Å². The van der Waals surface area contributed by atoms with Crippen molar-refractivity contribution in [1.29, 1.82) is 0 Å². The number of hydrogen-bond donors (Lipinski definition) is 0. The molecule has 1 atom stereocenters. The van der Waals surface area contributed by atoms with Crippen molar-refractivity contribution >= 4 is 24.4 Å². The van der Waals surface area contributed by atoms with Gasteiger partial charge in [-0.25, -0.2) is 0 Å². The van der Waals surface area contributed by atoms with E-state index in [-0.39, 0.29) is 24.4 Å². The van der Waals surface area contributed by atoms with Gasteiger partial charge in [-0.1, -0.05) is 30.3 Å². The molecule has 1 heterocycles. The molecule has 0 N–H and O–H groups in total. The van der Waals surface area contributed by atoms with Gasteiger partial charge < -0.3 is 4.74 Å². The summed E-state index contributed by atoms with van der Waals surface area (Å²) < 4.78 is 5.09. The Hall–Kier alpha value is -0.00182. The molecule has 10 heavy (non-hydrogen) atoms. The van der Waals surface area contributed by atoms with E-state index in [0.29, 0.717) is 6.10 Å². The maximum absolute atomic E-state index is 5.09. The van der Waals surface area contributed by atoms with Gasteiger partial charge >= 0.3 is 0 Å². The van der Waals surface area contributed by atoms with E-state index in [4.69, 9.17) is 4.74 Å². The summed E-state index contributed by atoms with van der Waals surface area (Å²) >= 11 is 0. The average Bonchev–Trinajstić information content (AvgIpc) is 2.71. The van der Waals surface area contributed by atoms with E-state index in [0.717, 1.165) is 6.61 Å². The maximum Gasteiger partial charge on any atom is 0.106 e. The van der Waals surface area contributed by atoms with E-state index < -0.39 is 0 Å². The molecule has 2 heteroatoms. The minimum Gasteiger partial charge on any atom is -0.368 e. The average molecular weight is 242 g/mol. The maximum atomic E-state index is 5.09. The van der Waals surface area contributed by atoms with Crippen LogP contribution in [-0.2, 0) is 4.74 Å². The molecule has 51 valence electrons. The van der Waals surface area contributed by atoms with Crippen LogP contribution in [0.3, 0.4) is 0 Å². The number of rotatable bonds is 1. The predicted octanol–water partition coefficient (Wildman–Crippen LogP) is 1.38. The van der Waals surface area contributed by atoms with Crippen LogP contribution in [0.4, 0.5) is 0 Å². The first-order valence-electron chi connectivity index (χ1n) is 3.13. The Labute approximate surface area is 77.8 Å². The quantitative estimate of drug-likeness (QED) is 0.535. The summed E-state index contributed by atoms with van der Waals surface area (Å²) in [6.45, 7) is 0.907. The zero-order valence-corrected chi connectivity index (χ0v) is 8.08. The second-order valence-corrected chi connectivity index (χ2v) is 2.23. The molecule has 1 fully saturated rings. The van der Waals surface area contributed by atoms with Gasteiger partial charge in [-0.2, -0.15) is 0 Å². The third kappa shape index (κ3) is 1.74. The van der Waals surface area contributed by atoms with Crippen molar-refractivity contribution in [2.24, 2.45) is 0 Å². The number of hydrogen-bond acceptors (Lipinski definition) is 1. The second kappa shape index (κ2) is 3.41. The Morgan fingerprint density at radius 3 is 2.30 bits per heavy atom. The van der Waals surface area contributed by atoms with Crippen molar-refractivity contribution in [3.8, 4) is 0 Å². The molecule has 0 bridgehead atoms. The van der Waals surface area contributed by atoms with Crippen LogP contribution in [0.25, 0.3) is 0 Å². The van der Waals surface area contributed by atoms with Gasteiger partial charge in [-0.15, -0.1) is 0 Å². The third-order valence-electron chi connectivity index (χ3n) is 1.50. The molecule has 1 unspecified atom stereocenters. The Balaban J connectivity index is 0.000000500. The molecular weight excluding hydrogens is 234 g/mol. The molecule has 0 spiro atoms. The van der Waals surface area contributed by atoms with Crippen molar-refractivity contribution in [1.82, 2.24) is 0 Å². The van der Waals surface area contributed by atoms with Crippen molar-refractivity contribution in [2.45, 2.75) is 6.10 Å². The van der Waals surface area contributed by atoms with Gasteiger partial charge in [0, 0.05) is 24.4 Å². The van der Waals surface area contributed by atoms with Crippen LogP contribution in [0.15, 0.2) is 30.3 Å². The molecule has 1 aromatic rings. The van der Waals surface area contributed by atoms with E-state index in [2.05, 4.69) is 12.1 Å². The molecule has 1 aliphatic heterocycles. The van der Waals surface area contributed by atoms with Gasteiger partial charge in [0.05, 0.1) is 6.61 Å². The van der Waals surface area contributed by atoms with Crippen LogP contribution in [0, 0.1) is 0 Å². The minimum absolute atomic E-state index is 0. The zero-order valence-electron chi connectivity index (χ0n) is 5.53. The number of ether oxygens (including phenoxy) is 1. The summed E-state index contributed by atoms with van der Waals surface area (Å²) in [5.74, 6) is 0. The van der Waals surface area contributed by atoms with Crippen LogP contribution in [0.2, 0.25) is 0 Å². The Bertz CT molecular complexity index is 194. The molecule has 1 aromatic carbocycles. The fourth-order valence-corrected chi connectivity index (χ4v) is 0.908. The van der Waals surface area contributed by atoms with Crippen LogP contribution in [-0.4, -0.2) is 31.0 Å². The molecule has 0 aromatic heterocycles. The van der Waals surface area contributed by atoms with Gasteiger partial charge in [0.15, 0.2) is 0 Å². The second-order valence-electron chi connectivity index (χ2n) is 2.23. The van der Waals surface area contributed by atoms with Crippen molar-refractivity contribution in [3.05, 3.63) is 35.9 Å². The van der Waals surface area contributed by atoms with E-state index in [1.165, 1.54) is 5.56 Å². The van der Waals surface area contributed by atoms with E-state index >= 15 is 0 Å². The number of benzene rings is 1. The smallest absolute Gasteiger partial charge is 0.106 e. The molecule has 1 saturated heterocycles. The summed E-state index contributed by atoms with van der Waals surface area (Å²) in [6, 6.07) is 10.3. The SMILES string of the molecule is [Sb].c1ccc(C2CO2)cc1. The van der Waals surface area contributed by atoms with Crippen LogP contribution >= 0.6 is 0 Å². The Kier molecular flexibility index (Phi) is 2.76. The monoisotopic (exact) mass is 241 g/mol. The first-order chi connectivity index (χ1) is 4.47. The number of epoxide rings is 1. The molecule has 1 nitrogen and oxygen atoms in total. The summed E-state index contributed by atoms with van der Waals surface area (Å²) in [4.78, 5) is 0. The van der Waals surface area contributed by atoms with Crippen LogP contribution in [0.1, 0.15) is 11.7 Å². The summed E-state index contributed by atoms with van der Waals surface area (Å²) in [5, 5.41) is 0. The van der Waals surface area contributed by atoms with Crippen molar-refractivity contribution in [3.63, 3.8) is 0 Å². The molecular formula is C8H8OSb. The topological polar surface area (TPSA) is 12.5 Å². The largest absolute Gasteiger partial charge is 0.368 e. The van der Waals surface area contributed by atoms with Gasteiger partial charge in [0.1, 0.15) is 6.10 Å². The summed E-state index contributed by atoms with van der Waals surface area (Å²) in [6.07, 6.45) is 0.409. The fraction of sp³-hybridized carbons (Fsp3) is 0.250. The Morgan fingerprint density at radius 1 is 1.20 bits per heavy atom. The first-order valence-corrected chi connectivity index (χ1v) is 3.13. The summed E-state index contributed by atoms with van der Waals surface area (Å²) in [7, 11) is 0. The van der Waals surface area contributed by atoms with E-state index in [1.54, 1.807) is 0 Å². The van der Waals surface area contributed by atoms with Gasteiger partial charge in [0.2, 0.25) is 0 Å². The predicted molar refractivity (Wildman–Crippen MR) is 40.9 cm³/mol. The zero-order chi connectivity index (χ0) is 6.10. The summed E-state index contributed by atoms with van der Waals surface area (Å²) in [5.41, 5.74) is 1.30. The van der Waals surface area contributed by atoms with Crippen molar-refractivity contribution < 1.29 is 4.74 Å². The van der Waals surface area contributed by atoms with E-state index in [1.807, 2.05) is 18.2 Å². The van der Waals surface area contributed by atoms with Crippen molar-refractivity contribution in [2.75, 3.05) is 6.61 Å². The van der Waals surface area contributed by atoms with E-state index in [9.17, 15) is 0 Å². The first kappa shape index (κ1) is 8.10. The van der Waals surface area contributed by atoms with Crippen LogP contribution in [0.5, 0.6) is 0 Å². The fourth-order valence-electron chi connectivity index (χ4n) is 0.908. The Morgan fingerprint density at radius 2 is 1.80 bits per heavy atom.